The zero-order valence-corrected chi connectivity index (χ0v) is 12.4. The number of nitrogens with zero attached hydrogens (tertiary/aromatic N) is 3. The van der Waals surface area contributed by atoms with Crippen molar-refractivity contribution in [1.29, 1.82) is 0 Å². The number of aromatic nitrogens is 4. The topological polar surface area (TPSA) is 84.2 Å². The number of aromatic amines is 1. The Labute approximate surface area is 127 Å². The highest BCUT2D eigenvalue weighted by Gasteiger charge is 2.41. The van der Waals surface area contributed by atoms with Gasteiger partial charge in [0.15, 0.2) is 6.23 Å². The molecule has 7 nitrogen and oxygen atoms in total. The van der Waals surface area contributed by atoms with Crippen LogP contribution in [0.2, 0.25) is 0 Å². The molecule has 0 bridgehead atoms. The van der Waals surface area contributed by atoms with Crippen LogP contribution in [0.15, 0.2) is 35.2 Å². The monoisotopic (exact) mass is 299 g/mol. The van der Waals surface area contributed by atoms with Crippen molar-refractivity contribution < 1.29 is 9.26 Å². The summed E-state index contributed by atoms with van der Waals surface area (Å²) in [4.78, 5) is 3.16. The van der Waals surface area contributed by atoms with E-state index in [1.807, 2.05) is 43.1 Å². The summed E-state index contributed by atoms with van der Waals surface area (Å²) < 4.78 is 12.7. The van der Waals surface area contributed by atoms with Gasteiger partial charge in [-0.05, 0) is 26.0 Å². The normalized spacial score (nSPS) is 20.3. The van der Waals surface area contributed by atoms with Crippen molar-refractivity contribution in [2.45, 2.75) is 32.7 Å². The molecule has 0 aromatic carbocycles. The third-order valence-electron chi connectivity index (χ3n) is 3.86. The lowest BCUT2D eigenvalue weighted by atomic mass is 10.2. The van der Waals surface area contributed by atoms with E-state index >= 15 is 0 Å². The molecule has 0 radical (unpaired) electrons. The maximum Gasteiger partial charge on any atom is 0.161 e. The van der Waals surface area contributed by atoms with Crippen LogP contribution in [0.4, 0.5) is 5.69 Å². The second-order valence-electron chi connectivity index (χ2n) is 5.48. The Balaban J connectivity index is 1.40. The number of hydrogen-bond acceptors (Lipinski definition) is 5. The number of H-pyrrole nitrogens is 1. The molecule has 3 aromatic rings. The number of nitrogens with one attached hydrogen (secondary N) is 2. The van der Waals surface area contributed by atoms with Crippen LogP contribution >= 0.6 is 0 Å². The van der Waals surface area contributed by atoms with Crippen LogP contribution in [0.1, 0.15) is 28.8 Å². The second-order valence-corrected chi connectivity index (χ2v) is 5.48. The van der Waals surface area contributed by atoms with Crippen LogP contribution in [0.5, 0.6) is 0 Å². The van der Waals surface area contributed by atoms with Crippen molar-refractivity contribution in [1.82, 2.24) is 19.9 Å². The van der Waals surface area contributed by atoms with Crippen LogP contribution in [0, 0.1) is 13.8 Å². The second kappa shape index (κ2) is 5.03. The molecule has 0 spiro atoms. The Kier molecular flexibility index (Phi) is 3.00. The fourth-order valence-corrected chi connectivity index (χ4v) is 2.56. The minimum absolute atomic E-state index is 0.00429. The first-order valence-corrected chi connectivity index (χ1v) is 7.20. The van der Waals surface area contributed by atoms with Crippen molar-refractivity contribution in [2.24, 2.45) is 0 Å². The molecule has 2 atom stereocenters. The van der Waals surface area contributed by atoms with Gasteiger partial charge in [0.1, 0.15) is 11.9 Å². The van der Waals surface area contributed by atoms with E-state index in [1.54, 1.807) is 6.20 Å². The van der Waals surface area contributed by atoms with E-state index in [-0.39, 0.29) is 12.3 Å². The SMILES string of the molecule is Cc1noc(C)c1Cn1cc(NC2OC2c2ccc[nH]2)cn1. The predicted molar refractivity (Wildman–Crippen MR) is 79.3 cm³/mol. The van der Waals surface area contributed by atoms with E-state index in [4.69, 9.17) is 9.26 Å². The van der Waals surface area contributed by atoms with E-state index in [2.05, 4.69) is 20.6 Å². The maximum absolute atomic E-state index is 5.61. The molecule has 0 saturated carbocycles. The van der Waals surface area contributed by atoms with Crippen LogP contribution in [0.3, 0.4) is 0 Å². The lowest BCUT2D eigenvalue weighted by Crippen LogP contribution is -2.04. The fraction of sp³-hybridized carbons (Fsp3) is 0.333. The molecule has 1 fully saturated rings. The van der Waals surface area contributed by atoms with Crippen molar-refractivity contribution in [2.75, 3.05) is 5.32 Å². The van der Waals surface area contributed by atoms with Crippen LogP contribution in [-0.4, -0.2) is 26.1 Å². The van der Waals surface area contributed by atoms with Gasteiger partial charge in [0, 0.05) is 23.7 Å². The van der Waals surface area contributed by atoms with E-state index in [0.29, 0.717) is 6.54 Å². The molecule has 4 heterocycles. The van der Waals surface area contributed by atoms with Gasteiger partial charge < -0.3 is 19.6 Å². The highest BCUT2D eigenvalue weighted by atomic mass is 16.6. The smallest absolute Gasteiger partial charge is 0.161 e. The highest BCUT2D eigenvalue weighted by molar-refractivity contribution is 5.41. The van der Waals surface area contributed by atoms with Crippen molar-refractivity contribution >= 4 is 5.69 Å². The summed E-state index contributed by atoms with van der Waals surface area (Å²) in [5.74, 6) is 0.833. The molecule has 0 aliphatic carbocycles. The predicted octanol–water partition coefficient (Wildman–Crippen LogP) is 2.37. The van der Waals surface area contributed by atoms with Gasteiger partial charge in [-0.25, -0.2) is 0 Å². The zero-order chi connectivity index (χ0) is 15.1. The minimum atomic E-state index is -0.00429. The van der Waals surface area contributed by atoms with Gasteiger partial charge in [-0.2, -0.15) is 5.10 Å². The van der Waals surface area contributed by atoms with Gasteiger partial charge in [-0.1, -0.05) is 5.16 Å². The molecule has 1 aliphatic heterocycles. The lowest BCUT2D eigenvalue weighted by molar-refractivity contribution is 0.384. The number of ether oxygens (including phenoxy) is 1. The van der Waals surface area contributed by atoms with Crippen molar-refractivity contribution in [3.05, 3.63) is 53.4 Å². The van der Waals surface area contributed by atoms with E-state index < -0.39 is 0 Å². The molecule has 0 amide bonds. The van der Waals surface area contributed by atoms with E-state index in [1.165, 1.54) is 0 Å². The van der Waals surface area contributed by atoms with Gasteiger partial charge in [0.05, 0.1) is 24.1 Å². The Morgan fingerprint density at radius 1 is 1.41 bits per heavy atom. The first kappa shape index (κ1) is 13.1. The van der Waals surface area contributed by atoms with Gasteiger partial charge in [-0.15, -0.1) is 0 Å². The fourth-order valence-electron chi connectivity index (χ4n) is 2.56. The summed E-state index contributed by atoms with van der Waals surface area (Å²) in [5.41, 5.74) is 3.99. The number of rotatable bonds is 5. The molecular formula is C15H17N5O2. The quantitative estimate of drug-likeness (QED) is 0.707. The molecular weight excluding hydrogens is 282 g/mol. The molecule has 4 rings (SSSR count). The molecule has 114 valence electrons. The third kappa shape index (κ3) is 2.39. The van der Waals surface area contributed by atoms with Crippen LogP contribution in [0.25, 0.3) is 0 Å². The summed E-state index contributed by atoms with van der Waals surface area (Å²) in [7, 11) is 0. The summed E-state index contributed by atoms with van der Waals surface area (Å²) >= 11 is 0. The number of aryl methyl sites for hydroxylation is 2. The summed E-state index contributed by atoms with van der Waals surface area (Å²) in [5, 5.41) is 11.6. The molecule has 7 heteroatoms. The van der Waals surface area contributed by atoms with Crippen LogP contribution < -0.4 is 5.32 Å². The Bertz CT molecular complexity index is 754. The number of epoxide rings is 1. The zero-order valence-electron chi connectivity index (χ0n) is 12.4. The largest absolute Gasteiger partial charge is 0.363 e. The molecule has 22 heavy (non-hydrogen) atoms. The first-order valence-electron chi connectivity index (χ1n) is 7.20. The number of hydrogen-bond donors (Lipinski definition) is 2. The first-order chi connectivity index (χ1) is 10.7. The summed E-state index contributed by atoms with van der Waals surface area (Å²) in [6.45, 7) is 4.50. The standard InChI is InChI=1S/C15H17N5O2/c1-9-12(10(2)22-19-9)8-20-7-11(6-17-20)18-15-14(21-15)13-4-3-5-16-13/h3-7,14-16,18H,8H2,1-2H3. The number of anilines is 1. The van der Waals surface area contributed by atoms with Gasteiger partial charge in [-0.3, -0.25) is 4.68 Å². The molecule has 2 N–H and O–H groups in total. The Morgan fingerprint density at radius 2 is 2.32 bits per heavy atom. The summed E-state index contributed by atoms with van der Waals surface area (Å²) in [6.07, 6.45) is 5.73. The molecule has 3 aromatic heterocycles. The molecule has 1 saturated heterocycles. The minimum Gasteiger partial charge on any atom is -0.363 e. The highest BCUT2D eigenvalue weighted by Crippen LogP contribution is 2.37. The van der Waals surface area contributed by atoms with Gasteiger partial charge in [0.2, 0.25) is 0 Å². The van der Waals surface area contributed by atoms with Crippen molar-refractivity contribution in [3.8, 4) is 0 Å². The van der Waals surface area contributed by atoms with E-state index in [0.717, 1.165) is 28.4 Å². The Hall–Kier alpha value is -2.54. The Morgan fingerprint density at radius 3 is 3.05 bits per heavy atom. The average molecular weight is 299 g/mol. The van der Waals surface area contributed by atoms with Gasteiger partial charge >= 0.3 is 0 Å². The van der Waals surface area contributed by atoms with Crippen molar-refractivity contribution in [3.63, 3.8) is 0 Å². The molecule has 2 unspecified atom stereocenters. The lowest BCUT2D eigenvalue weighted by Gasteiger charge is -2.00. The molecule has 1 aliphatic rings. The van der Waals surface area contributed by atoms with Crippen LogP contribution in [-0.2, 0) is 11.3 Å². The average Bonchev–Trinajstić information content (AvgIpc) is 2.90. The van der Waals surface area contributed by atoms with E-state index in [9.17, 15) is 0 Å². The third-order valence-corrected chi connectivity index (χ3v) is 3.86. The maximum atomic E-state index is 5.61. The summed E-state index contributed by atoms with van der Waals surface area (Å²) in [6, 6.07) is 3.99. The van der Waals surface area contributed by atoms with Gasteiger partial charge in [0.25, 0.3) is 0 Å².